The lowest BCUT2D eigenvalue weighted by Crippen LogP contribution is -2.13. The van der Waals surface area contributed by atoms with E-state index in [4.69, 9.17) is 11.6 Å². The van der Waals surface area contributed by atoms with Gasteiger partial charge in [0.15, 0.2) is 0 Å². The van der Waals surface area contributed by atoms with Crippen LogP contribution in [0.3, 0.4) is 0 Å². The predicted molar refractivity (Wildman–Crippen MR) is 105 cm³/mol. The lowest BCUT2D eigenvalue weighted by atomic mass is 10.0. The molecular weight excluding hydrogens is 348 g/mol. The Morgan fingerprint density at radius 2 is 1.50 bits per heavy atom. The average molecular weight is 367 g/mol. The van der Waals surface area contributed by atoms with Crippen molar-refractivity contribution in [3.05, 3.63) is 77.1 Å². The number of aromatic nitrogens is 2. The summed E-state index contributed by atoms with van der Waals surface area (Å²) >= 11 is 5.83. The zero-order valence-corrected chi connectivity index (χ0v) is 15.3. The number of hydrogen-bond acceptors (Lipinski definition) is 4. The highest BCUT2D eigenvalue weighted by Gasteiger charge is 2.08. The van der Waals surface area contributed by atoms with Gasteiger partial charge in [-0.25, -0.2) is 9.97 Å². The first kappa shape index (κ1) is 17.9. The molecule has 0 atom stereocenters. The van der Waals surface area contributed by atoms with E-state index in [2.05, 4.69) is 46.6 Å². The maximum Gasteiger partial charge on any atom is 0.258 e. The van der Waals surface area contributed by atoms with Crippen LogP contribution in [0.15, 0.2) is 60.9 Å². The zero-order chi connectivity index (χ0) is 18.5. The number of rotatable bonds is 5. The molecule has 26 heavy (non-hydrogen) atoms. The number of carbonyl (C=O) groups excluding carboxylic acids is 1. The van der Waals surface area contributed by atoms with Crippen LogP contribution in [0.1, 0.15) is 35.7 Å². The predicted octanol–water partition coefficient (Wildman–Crippen LogP) is 5.25. The summed E-state index contributed by atoms with van der Waals surface area (Å²) < 4.78 is 0. The fourth-order valence-electron chi connectivity index (χ4n) is 2.33. The number of amides is 1. The number of anilines is 3. The second kappa shape index (κ2) is 7.97. The van der Waals surface area contributed by atoms with Crippen molar-refractivity contribution in [1.29, 1.82) is 0 Å². The lowest BCUT2D eigenvalue weighted by Gasteiger charge is -2.09. The van der Waals surface area contributed by atoms with Crippen molar-refractivity contribution < 1.29 is 4.79 Å². The van der Waals surface area contributed by atoms with Crippen LogP contribution in [0, 0.1) is 0 Å². The maximum atomic E-state index is 12.2. The first-order chi connectivity index (χ1) is 12.5. The molecule has 6 heteroatoms. The molecule has 0 fully saturated rings. The second-order valence-electron chi connectivity index (χ2n) is 6.16. The van der Waals surface area contributed by atoms with Crippen LogP contribution in [0.25, 0.3) is 0 Å². The molecule has 0 saturated heterocycles. The van der Waals surface area contributed by atoms with Crippen LogP contribution in [-0.4, -0.2) is 15.9 Å². The molecule has 2 aromatic carbocycles. The van der Waals surface area contributed by atoms with Gasteiger partial charge in [0.05, 0.1) is 5.56 Å². The van der Waals surface area contributed by atoms with Gasteiger partial charge in [-0.2, -0.15) is 0 Å². The van der Waals surface area contributed by atoms with Crippen LogP contribution in [0.2, 0.25) is 5.02 Å². The van der Waals surface area contributed by atoms with Crippen molar-refractivity contribution in [2.75, 3.05) is 10.6 Å². The van der Waals surface area contributed by atoms with Gasteiger partial charge in [-0.3, -0.25) is 4.79 Å². The van der Waals surface area contributed by atoms with Gasteiger partial charge in [-0.1, -0.05) is 37.6 Å². The summed E-state index contributed by atoms with van der Waals surface area (Å²) in [4.78, 5) is 20.6. The minimum Gasteiger partial charge on any atom is -0.324 e. The molecule has 5 nitrogen and oxygen atoms in total. The quantitative estimate of drug-likeness (QED) is 0.647. The molecule has 2 N–H and O–H groups in total. The van der Waals surface area contributed by atoms with E-state index in [0.29, 0.717) is 28.1 Å². The smallest absolute Gasteiger partial charge is 0.258 e. The van der Waals surface area contributed by atoms with E-state index >= 15 is 0 Å². The summed E-state index contributed by atoms with van der Waals surface area (Å²) in [6.07, 6.45) is 2.98. The Bertz CT molecular complexity index is 875. The Balaban J connectivity index is 1.64. The molecule has 0 spiro atoms. The van der Waals surface area contributed by atoms with Gasteiger partial charge in [0, 0.05) is 28.8 Å². The van der Waals surface area contributed by atoms with Crippen LogP contribution < -0.4 is 10.6 Å². The standard InChI is InChI=1S/C20H19ClN4O/c1-13(2)14-3-7-18(8-4-14)25-20-22-11-15(12-23-20)19(26)24-17-9-5-16(21)6-10-17/h3-13H,1-2H3,(H,24,26)(H,22,23,25). The van der Waals surface area contributed by atoms with Crippen LogP contribution in [-0.2, 0) is 0 Å². The number of nitrogens with one attached hydrogen (secondary N) is 2. The molecular formula is C20H19ClN4O. The zero-order valence-electron chi connectivity index (χ0n) is 14.5. The third kappa shape index (κ3) is 4.58. The lowest BCUT2D eigenvalue weighted by molar-refractivity contribution is 0.102. The van der Waals surface area contributed by atoms with Gasteiger partial charge in [0.25, 0.3) is 5.91 Å². The van der Waals surface area contributed by atoms with Crippen molar-refractivity contribution >= 4 is 34.8 Å². The van der Waals surface area contributed by atoms with Crippen LogP contribution in [0.4, 0.5) is 17.3 Å². The van der Waals surface area contributed by atoms with Gasteiger partial charge in [-0.15, -0.1) is 0 Å². The Kier molecular flexibility index (Phi) is 5.49. The van der Waals surface area contributed by atoms with Gasteiger partial charge in [-0.05, 0) is 47.9 Å². The minimum absolute atomic E-state index is 0.278. The molecule has 0 radical (unpaired) electrons. The molecule has 3 rings (SSSR count). The molecule has 0 aliphatic heterocycles. The van der Waals surface area contributed by atoms with Gasteiger partial charge in [0.2, 0.25) is 5.95 Å². The normalized spacial score (nSPS) is 10.6. The number of hydrogen-bond donors (Lipinski definition) is 2. The third-order valence-corrected chi connectivity index (χ3v) is 4.10. The second-order valence-corrected chi connectivity index (χ2v) is 6.59. The summed E-state index contributed by atoms with van der Waals surface area (Å²) in [5.41, 5.74) is 3.20. The highest BCUT2D eigenvalue weighted by molar-refractivity contribution is 6.30. The van der Waals surface area contributed by atoms with E-state index in [1.165, 1.54) is 18.0 Å². The number of nitrogens with zero attached hydrogens (tertiary/aromatic N) is 2. The summed E-state index contributed by atoms with van der Waals surface area (Å²) in [5, 5.41) is 6.51. The fourth-order valence-corrected chi connectivity index (χ4v) is 2.45. The van der Waals surface area contributed by atoms with E-state index in [1.54, 1.807) is 24.3 Å². The molecule has 0 aliphatic carbocycles. The van der Waals surface area contributed by atoms with Crippen molar-refractivity contribution in [3.63, 3.8) is 0 Å². The van der Waals surface area contributed by atoms with Gasteiger partial charge >= 0.3 is 0 Å². The molecule has 0 aliphatic rings. The van der Waals surface area contributed by atoms with Crippen molar-refractivity contribution in [2.45, 2.75) is 19.8 Å². The SMILES string of the molecule is CC(C)c1ccc(Nc2ncc(C(=O)Nc3ccc(Cl)cc3)cn2)cc1. The monoisotopic (exact) mass is 366 g/mol. The van der Waals surface area contributed by atoms with Crippen molar-refractivity contribution in [2.24, 2.45) is 0 Å². The average Bonchev–Trinajstić information content (AvgIpc) is 2.64. The number of benzene rings is 2. The summed E-state index contributed by atoms with van der Waals surface area (Å²) in [7, 11) is 0. The molecule has 1 amide bonds. The van der Waals surface area contributed by atoms with Gasteiger partial charge < -0.3 is 10.6 Å². The Morgan fingerprint density at radius 3 is 2.08 bits per heavy atom. The third-order valence-electron chi connectivity index (χ3n) is 3.85. The minimum atomic E-state index is -0.278. The van der Waals surface area contributed by atoms with E-state index in [-0.39, 0.29) is 5.91 Å². The van der Waals surface area contributed by atoms with E-state index < -0.39 is 0 Å². The van der Waals surface area contributed by atoms with E-state index in [9.17, 15) is 4.79 Å². The number of carbonyl (C=O) groups is 1. The summed E-state index contributed by atoms with van der Waals surface area (Å²) in [5.74, 6) is 0.643. The molecule has 132 valence electrons. The highest BCUT2D eigenvalue weighted by Crippen LogP contribution is 2.19. The first-order valence-electron chi connectivity index (χ1n) is 8.27. The molecule has 0 unspecified atom stereocenters. The van der Waals surface area contributed by atoms with Crippen molar-refractivity contribution in [1.82, 2.24) is 9.97 Å². The molecule has 0 bridgehead atoms. The Labute approximate surface area is 157 Å². The first-order valence-corrected chi connectivity index (χ1v) is 8.65. The van der Waals surface area contributed by atoms with Gasteiger partial charge in [0.1, 0.15) is 0 Å². The van der Waals surface area contributed by atoms with Crippen molar-refractivity contribution in [3.8, 4) is 0 Å². The van der Waals surface area contributed by atoms with E-state index in [1.807, 2.05) is 12.1 Å². The Morgan fingerprint density at radius 1 is 0.923 bits per heavy atom. The molecule has 1 aromatic heterocycles. The largest absolute Gasteiger partial charge is 0.324 e. The van der Waals surface area contributed by atoms with E-state index in [0.717, 1.165) is 5.69 Å². The van der Waals surface area contributed by atoms with Crippen LogP contribution >= 0.6 is 11.6 Å². The Hall–Kier alpha value is -2.92. The molecule has 1 heterocycles. The highest BCUT2D eigenvalue weighted by atomic mass is 35.5. The van der Waals surface area contributed by atoms with Crippen LogP contribution in [0.5, 0.6) is 0 Å². The molecule has 3 aromatic rings. The molecule has 0 saturated carbocycles. The fraction of sp³-hybridized carbons (Fsp3) is 0.150. The summed E-state index contributed by atoms with van der Waals surface area (Å²) in [6, 6.07) is 15.0. The summed E-state index contributed by atoms with van der Waals surface area (Å²) in [6.45, 7) is 4.30. The maximum absolute atomic E-state index is 12.2. The number of halogens is 1. The topological polar surface area (TPSA) is 66.9 Å².